The first-order chi connectivity index (χ1) is 12.3. The monoisotopic (exact) mass is 337 g/mol. The molecule has 1 aliphatic heterocycles. The van der Waals surface area contributed by atoms with Crippen LogP contribution in [0.25, 0.3) is 0 Å². The van der Waals surface area contributed by atoms with Crippen molar-refractivity contribution in [3.05, 3.63) is 66.0 Å². The molecule has 3 rings (SSSR count). The first-order valence-corrected chi connectivity index (χ1v) is 9.28. The van der Waals surface area contributed by atoms with Gasteiger partial charge in [-0.15, -0.1) is 0 Å². The van der Waals surface area contributed by atoms with Crippen molar-refractivity contribution >= 4 is 5.91 Å². The fraction of sp³-hybridized carbons (Fsp3) is 0.429. The highest BCUT2D eigenvalue weighted by molar-refractivity contribution is 5.78. The minimum absolute atomic E-state index is 0.0365. The summed E-state index contributed by atoms with van der Waals surface area (Å²) in [4.78, 5) is 19.1. The molecule has 1 atom stereocenters. The Kier molecular flexibility index (Phi) is 6.57. The molecule has 4 heteroatoms. The number of hydrogen-bond donors (Lipinski definition) is 1. The van der Waals surface area contributed by atoms with Crippen LogP contribution in [0.4, 0.5) is 0 Å². The van der Waals surface area contributed by atoms with Crippen LogP contribution in [0.5, 0.6) is 0 Å². The van der Waals surface area contributed by atoms with Crippen LogP contribution >= 0.6 is 0 Å². The zero-order valence-electron chi connectivity index (χ0n) is 14.7. The summed E-state index contributed by atoms with van der Waals surface area (Å²) in [5.74, 6) is 0.0365. The van der Waals surface area contributed by atoms with Crippen LogP contribution in [-0.2, 0) is 11.2 Å². The topological polar surface area (TPSA) is 45.2 Å². The molecule has 1 aromatic carbocycles. The van der Waals surface area contributed by atoms with Crippen molar-refractivity contribution in [1.29, 1.82) is 0 Å². The van der Waals surface area contributed by atoms with Crippen molar-refractivity contribution in [2.45, 2.75) is 38.1 Å². The minimum Gasteiger partial charge on any atom is -0.354 e. The summed E-state index contributed by atoms with van der Waals surface area (Å²) < 4.78 is 0. The predicted molar refractivity (Wildman–Crippen MR) is 100 cm³/mol. The maximum atomic E-state index is 12.3. The van der Waals surface area contributed by atoms with Gasteiger partial charge in [-0.2, -0.15) is 0 Å². The molecule has 0 unspecified atom stereocenters. The van der Waals surface area contributed by atoms with E-state index < -0.39 is 0 Å². The van der Waals surface area contributed by atoms with Crippen molar-refractivity contribution in [2.24, 2.45) is 0 Å². The van der Waals surface area contributed by atoms with E-state index >= 15 is 0 Å². The number of pyridine rings is 1. The Morgan fingerprint density at radius 1 is 1.00 bits per heavy atom. The lowest BCUT2D eigenvalue weighted by molar-refractivity contribution is -0.120. The maximum Gasteiger partial charge on any atom is 0.226 e. The Balaban J connectivity index is 1.64. The molecule has 1 saturated heterocycles. The van der Waals surface area contributed by atoms with Crippen LogP contribution in [0, 0.1) is 0 Å². The van der Waals surface area contributed by atoms with Gasteiger partial charge in [0.15, 0.2) is 0 Å². The number of carbonyl (C=O) groups excluding carboxylic acids is 1. The van der Waals surface area contributed by atoms with Gasteiger partial charge in [0, 0.05) is 18.4 Å². The number of hydrogen-bond acceptors (Lipinski definition) is 3. The van der Waals surface area contributed by atoms with E-state index in [1.807, 2.05) is 24.3 Å². The number of benzene rings is 1. The average molecular weight is 337 g/mol. The van der Waals surface area contributed by atoms with E-state index in [1.54, 1.807) is 6.20 Å². The van der Waals surface area contributed by atoms with Gasteiger partial charge in [0.25, 0.3) is 0 Å². The fourth-order valence-corrected chi connectivity index (χ4v) is 3.48. The first-order valence-electron chi connectivity index (χ1n) is 9.28. The largest absolute Gasteiger partial charge is 0.354 e. The van der Waals surface area contributed by atoms with Crippen molar-refractivity contribution in [1.82, 2.24) is 15.2 Å². The summed E-state index contributed by atoms with van der Waals surface area (Å²) in [6, 6.07) is 16.5. The van der Waals surface area contributed by atoms with Crippen molar-refractivity contribution in [3.63, 3.8) is 0 Å². The van der Waals surface area contributed by atoms with Crippen LogP contribution in [0.2, 0.25) is 0 Å². The van der Waals surface area contributed by atoms with E-state index in [2.05, 4.69) is 39.5 Å². The highest BCUT2D eigenvalue weighted by Gasteiger charge is 2.22. The van der Waals surface area contributed by atoms with Crippen LogP contribution in [0.3, 0.4) is 0 Å². The lowest BCUT2D eigenvalue weighted by atomic mass is 10.0. The summed E-state index contributed by atoms with van der Waals surface area (Å²) in [7, 11) is 0. The number of carbonyl (C=O) groups is 1. The molecule has 1 aromatic heterocycles. The Labute approximate surface area is 150 Å². The van der Waals surface area contributed by atoms with Gasteiger partial charge in [0.1, 0.15) is 0 Å². The zero-order chi connectivity index (χ0) is 17.3. The van der Waals surface area contributed by atoms with E-state index in [1.165, 1.54) is 31.2 Å². The van der Waals surface area contributed by atoms with Gasteiger partial charge in [0.2, 0.25) is 5.91 Å². The molecular weight excluding hydrogens is 310 g/mol. The maximum absolute atomic E-state index is 12.3. The average Bonchev–Trinajstić information content (AvgIpc) is 2.93. The minimum atomic E-state index is 0.0365. The first kappa shape index (κ1) is 17.6. The summed E-state index contributed by atoms with van der Waals surface area (Å²) in [6.45, 7) is 2.86. The molecule has 1 aliphatic rings. The SMILES string of the molecule is O=C(Cc1ccccn1)NC[C@H](c1ccccc1)N1CCCCCC1. The van der Waals surface area contributed by atoms with E-state index in [0.29, 0.717) is 13.0 Å². The lowest BCUT2D eigenvalue weighted by Crippen LogP contribution is -2.39. The molecule has 1 amide bonds. The van der Waals surface area contributed by atoms with E-state index in [-0.39, 0.29) is 11.9 Å². The van der Waals surface area contributed by atoms with Crippen LogP contribution in [0.15, 0.2) is 54.7 Å². The summed E-state index contributed by atoms with van der Waals surface area (Å²) >= 11 is 0. The molecule has 0 spiro atoms. The predicted octanol–water partition coefficient (Wildman–Crippen LogP) is 3.36. The Morgan fingerprint density at radius 3 is 2.40 bits per heavy atom. The normalized spacial score (nSPS) is 16.8. The highest BCUT2D eigenvalue weighted by atomic mass is 16.1. The molecule has 0 bridgehead atoms. The number of nitrogens with one attached hydrogen (secondary N) is 1. The standard InChI is InChI=1S/C21H27N3O/c25-21(16-19-12-6-7-13-22-19)23-17-20(18-10-4-3-5-11-18)24-14-8-1-2-9-15-24/h3-7,10-13,20H,1-2,8-9,14-17H2,(H,23,25)/t20-/m1/s1. The number of amides is 1. The van der Waals surface area contributed by atoms with Crippen LogP contribution < -0.4 is 5.32 Å². The lowest BCUT2D eigenvalue weighted by Gasteiger charge is -2.31. The van der Waals surface area contributed by atoms with Crippen molar-refractivity contribution in [2.75, 3.05) is 19.6 Å². The number of likely N-dealkylation sites (tertiary alicyclic amines) is 1. The summed E-state index contributed by atoms with van der Waals surface area (Å²) in [5, 5.41) is 3.13. The van der Waals surface area contributed by atoms with E-state index in [4.69, 9.17) is 0 Å². The summed E-state index contributed by atoms with van der Waals surface area (Å²) in [6.07, 6.45) is 7.17. The number of rotatable bonds is 6. The molecule has 25 heavy (non-hydrogen) atoms. The second-order valence-electron chi connectivity index (χ2n) is 6.68. The van der Waals surface area contributed by atoms with Gasteiger partial charge in [0.05, 0.1) is 12.5 Å². The van der Waals surface area contributed by atoms with Gasteiger partial charge >= 0.3 is 0 Å². The molecule has 0 aliphatic carbocycles. The second kappa shape index (κ2) is 9.33. The van der Waals surface area contributed by atoms with Gasteiger partial charge < -0.3 is 5.32 Å². The molecular formula is C21H27N3O. The van der Waals surface area contributed by atoms with Gasteiger partial charge in [-0.3, -0.25) is 14.7 Å². The third kappa shape index (κ3) is 5.40. The summed E-state index contributed by atoms with van der Waals surface area (Å²) in [5.41, 5.74) is 2.09. The highest BCUT2D eigenvalue weighted by Crippen LogP contribution is 2.23. The smallest absolute Gasteiger partial charge is 0.226 e. The molecule has 1 N–H and O–H groups in total. The third-order valence-corrected chi connectivity index (χ3v) is 4.83. The Hall–Kier alpha value is -2.20. The molecule has 132 valence electrons. The fourth-order valence-electron chi connectivity index (χ4n) is 3.48. The van der Waals surface area contributed by atoms with Crippen molar-refractivity contribution < 1.29 is 4.79 Å². The molecule has 4 nitrogen and oxygen atoms in total. The van der Waals surface area contributed by atoms with Crippen LogP contribution in [0.1, 0.15) is 43.0 Å². The molecule has 1 fully saturated rings. The van der Waals surface area contributed by atoms with Gasteiger partial charge in [-0.25, -0.2) is 0 Å². The Morgan fingerprint density at radius 2 is 1.72 bits per heavy atom. The van der Waals surface area contributed by atoms with E-state index in [0.717, 1.165) is 18.8 Å². The second-order valence-corrected chi connectivity index (χ2v) is 6.68. The van der Waals surface area contributed by atoms with Gasteiger partial charge in [-0.1, -0.05) is 49.2 Å². The zero-order valence-corrected chi connectivity index (χ0v) is 14.7. The van der Waals surface area contributed by atoms with E-state index in [9.17, 15) is 4.79 Å². The molecule has 0 radical (unpaired) electrons. The van der Waals surface area contributed by atoms with Crippen LogP contribution in [-0.4, -0.2) is 35.4 Å². The quantitative estimate of drug-likeness (QED) is 0.879. The Bertz CT molecular complexity index is 637. The number of aromatic nitrogens is 1. The number of nitrogens with zero attached hydrogens (tertiary/aromatic N) is 2. The van der Waals surface area contributed by atoms with Crippen molar-refractivity contribution in [3.8, 4) is 0 Å². The van der Waals surface area contributed by atoms with Gasteiger partial charge in [-0.05, 0) is 43.6 Å². The molecule has 0 saturated carbocycles. The third-order valence-electron chi connectivity index (χ3n) is 4.83. The molecule has 2 heterocycles. The molecule has 2 aromatic rings.